The summed E-state index contributed by atoms with van der Waals surface area (Å²) in [6, 6.07) is 9.21. The van der Waals surface area contributed by atoms with E-state index in [-0.39, 0.29) is 6.04 Å². The third-order valence-electron chi connectivity index (χ3n) is 6.07. The fourth-order valence-corrected chi connectivity index (χ4v) is 4.90. The summed E-state index contributed by atoms with van der Waals surface area (Å²) in [4.78, 5) is 15.4. The first-order valence-corrected chi connectivity index (χ1v) is 9.46. The van der Waals surface area contributed by atoms with Gasteiger partial charge in [0.05, 0.1) is 12.1 Å². The number of hydrogen-bond acceptors (Lipinski definition) is 2. The molecule has 2 aliphatic heterocycles. The van der Waals surface area contributed by atoms with Crippen molar-refractivity contribution in [3.8, 4) is 0 Å². The summed E-state index contributed by atoms with van der Waals surface area (Å²) in [7, 11) is 0. The maximum atomic E-state index is 13.1. The van der Waals surface area contributed by atoms with E-state index in [1.165, 1.54) is 43.2 Å². The van der Waals surface area contributed by atoms with Gasteiger partial charge in [0.15, 0.2) is 0 Å². The van der Waals surface area contributed by atoms with Crippen LogP contribution in [0.4, 0.5) is 0 Å². The second-order valence-electron chi connectivity index (χ2n) is 7.47. The van der Waals surface area contributed by atoms with Crippen LogP contribution < -0.4 is 5.32 Å². The zero-order valence-corrected chi connectivity index (χ0v) is 14.0. The minimum Gasteiger partial charge on any atom is -0.334 e. The van der Waals surface area contributed by atoms with Crippen molar-refractivity contribution in [3.63, 3.8) is 0 Å². The molecule has 23 heavy (non-hydrogen) atoms. The Morgan fingerprint density at radius 1 is 1.04 bits per heavy atom. The molecule has 0 spiro atoms. The Hall–Kier alpha value is -1.35. The van der Waals surface area contributed by atoms with Gasteiger partial charge in [-0.05, 0) is 55.7 Å². The van der Waals surface area contributed by atoms with Gasteiger partial charge >= 0.3 is 0 Å². The van der Waals surface area contributed by atoms with E-state index < -0.39 is 0 Å². The van der Waals surface area contributed by atoms with Gasteiger partial charge in [-0.3, -0.25) is 4.79 Å². The quantitative estimate of drug-likeness (QED) is 0.907. The van der Waals surface area contributed by atoms with E-state index >= 15 is 0 Å². The Balaban J connectivity index is 1.65. The fourth-order valence-electron chi connectivity index (χ4n) is 4.90. The molecule has 2 atom stereocenters. The molecular weight excluding hydrogens is 284 g/mol. The van der Waals surface area contributed by atoms with Crippen LogP contribution in [-0.4, -0.2) is 29.9 Å². The SMILES string of the molecule is O=C([C@H]1CCCN1)N1CCc2ccccc2C1C1CCCCC1. The van der Waals surface area contributed by atoms with Gasteiger partial charge in [0.2, 0.25) is 5.91 Å². The Labute approximate surface area is 139 Å². The van der Waals surface area contributed by atoms with Gasteiger partial charge in [-0.1, -0.05) is 43.5 Å². The zero-order chi connectivity index (χ0) is 15.6. The second kappa shape index (κ2) is 6.64. The lowest BCUT2D eigenvalue weighted by Gasteiger charge is -2.44. The molecule has 1 amide bonds. The number of carbonyl (C=O) groups excluding carboxylic acids is 1. The highest BCUT2D eigenvalue weighted by molar-refractivity contribution is 5.83. The number of carbonyl (C=O) groups is 1. The predicted molar refractivity (Wildman–Crippen MR) is 92.2 cm³/mol. The Bertz CT molecular complexity index is 559. The predicted octanol–water partition coefficient (Wildman–Crippen LogP) is 3.44. The number of fused-ring (bicyclic) bond motifs is 1. The van der Waals surface area contributed by atoms with Crippen LogP contribution >= 0.6 is 0 Å². The molecule has 124 valence electrons. The molecule has 0 bridgehead atoms. The summed E-state index contributed by atoms with van der Waals surface area (Å²) in [5.41, 5.74) is 2.89. The number of rotatable bonds is 2. The monoisotopic (exact) mass is 312 g/mol. The Morgan fingerprint density at radius 2 is 1.87 bits per heavy atom. The molecule has 4 rings (SSSR count). The maximum Gasteiger partial charge on any atom is 0.240 e. The van der Waals surface area contributed by atoms with Crippen LogP contribution in [0.1, 0.15) is 62.1 Å². The van der Waals surface area contributed by atoms with Gasteiger partial charge in [-0.2, -0.15) is 0 Å². The summed E-state index contributed by atoms with van der Waals surface area (Å²) >= 11 is 0. The molecular formula is C20H28N2O. The van der Waals surface area contributed by atoms with E-state index in [0.717, 1.165) is 32.4 Å². The van der Waals surface area contributed by atoms with E-state index in [0.29, 0.717) is 17.9 Å². The molecule has 1 unspecified atom stereocenters. The summed E-state index contributed by atoms with van der Waals surface area (Å²) in [6.07, 6.45) is 9.73. The highest BCUT2D eigenvalue weighted by atomic mass is 16.2. The molecule has 3 nitrogen and oxygen atoms in total. The van der Waals surface area contributed by atoms with Gasteiger partial charge < -0.3 is 10.2 Å². The topological polar surface area (TPSA) is 32.3 Å². The molecule has 1 aliphatic carbocycles. The summed E-state index contributed by atoms with van der Waals surface area (Å²) < 4.78 is 0. The number of amides is 1. The smallest absolute Gasteiger partial charge is 0.240 e. The first kappa shape index (κ1) is 15.2. The molecule has 1 N–H and O–H groups in total. The standard InChI is InChI=1S/C20H28N2O/c23-20(18-11-6-13-21-18)22-14-12-15-7-4-5-10-17(15)19(22)16-8-2-1-3-9-16/h4-5,7,10,16,18-19,21H,1-3,6,8-9,11-14H2/t18-,19?/m1/s1. The number of hydrogen-bond donors (Lipinski definition) is 1. The van der Waals surface area contributed by atoms with Crippen molar-refractivity contribution in [2.24, 2.45) is 5.92 Å². The molecule has 2 heterocycles. The van der Waals surface area contributed by atoms with Gasteiger partial charge in [0.1, 0.15) is 0 Å². The number of nitrogens with one attached hydrogen (secondary N) is 1. The molecule has 1 aromatic carbocycles. The highest BCUT2D eigenvalue weighted by Gasteiger charge is 2.39. The van der Waals surface area contributed by atoms with E-state index in [1.807, 2.05) is 0 Å². The van der Waals surface area contributed by atoms with Gasteiger partial charge in [0.25, 0.3) is 0 Å². The second-order valence-corrected chi connectivity index (χ2v) is 7.47. The Kier molecular flexibility index (Phi) is 4.39. The van der Waals surface area contributed by atoms with Gasteiger partial charge in [-0.15, -0.1) is 0 Å². The van der Waals surface area contributed by atoms with E-state index in [2.05, 4.69) is 34.5 Å². The molecule has 3 heteroatoms. The van der Waals surface area contributed by atoms with Crippen LogP contribution in [-0.2, 0) is 11.2 Å². The van der Waals surface area contributed by atoms with E-state index in [4.69, 9.17) is 0 Å². The largest absolute Gasteiger partial charge is 0.334 e. The normalized spacial score (nSPS) is 28.6. The van der Waals surface area contributed by atoms with Crippen molar-refractivity contribution < 1.29 is 4.79 Å². The van der Waals surface area contributed by atoms with Crippen LogP contribution in [0.25, 0.3) is 0 Å². The van der Waals surface area contributed by atoms with Gasteiger partial charge in [-0.25, -0.2) is 0 Å². The van der Waals surface area contributed by atoms with Crippen molar-refractivity contribution in [2.45, 2.75) is 63.5 Å². The minimum absolute atomic E-state index is 0.0614. The first-order valence-electron chi connectivity index (χ1n) is 9.46. The third kappa shape index (κ3) is 2.91. The van der Waals surface area contributed by atoms with E-state index in [9.17, 15) is 4.79 Å². The zero-order valence-electron chi connectivity index (χ0n) is 14.0. The van der Waals surface area contributed by atoms with Crippen LogP contribution in [0.5, 0.6) is 0 Å². The summed E-state index contributed by atoms with van der Waals surface area (Å²) in [6.45, 7) is 1.89. The van der Waals surface area contributed by atoms with Crippen LogP contribution in [0.3, 0.4) is 0 Å². The fraction of sp³-hybridized carbons (Fsp3) is 0.650. The van der Waals surface area contributed by atoms with Crippen LogP contribution in [0, 0.1) is 5.92 Å². The third-order valence-corrected chi connectivity index (χ3v) is 6.07. The number of benzene rings is 1. The maximum absolute atomic E-state index is 13.1. The lowest BCUT2D eigenvalue weighted by Crippen LogP contribution is -2.50. The van der Waals surface area contributed by atoms with Crippen molar-refractivity contribution in [2.75, 3.05) is 13.1 Å². The molecule has 1 aromatic rings. The summed E-state index contributed by atoms with van der Waals surface area (Å²) in [5.74, 6) is 1.00. The summed E-state index contributed by atoms with van der Waals surface area (Å²) in [5, 5.41) is 3.41. The molecule has 2 fully saturated rings. The van der Waals surface area contributed by atoms with Crippen LogP contribution in [0.15, 0.2) is 24.3 Å². The average molecular weight is 312 g/mol. The van der Waals surface area contributed by atoms with Crippen molar-refractivity contribution in [1.29, 1.82) is 0 Å². The lowest BCUT2D eigenvalue weighted by molar-refractivity contribution is -0.137. The molecule has 0 aromatic heterocycles. The van der Waals surface area contributed by atoms with Crippen molar-refractivity contribution in [1.82, 2.24) is 10.2 Å². The van der Waals surface area contributed by atoms with E-state index in [1.54, 1.807) is 0 Å². The lowest BCUT2D eigenvalue weighted by atomic mass is 9.77. The first-order chi connectivity index (χ1) is 11.3. The Morgan fingerprint density at radius 3 is 2.65 bits per heavy atom. The van der Waals surface area contributed by atoms with Gasteiger partial charge in [0, 0.05) is 6.54 Å². The molecule has 1 saturated heterocycles. The molecule has 1 saturated carbocycles. The minimum atomic E-state index is 0.0614. The van der Waals surface area contributed by atoms with Crippen molar-refractivity contribution >= 4 is 5.91 Å². The highest BCUT2D eigenvalue weighted by Crippen LogP contribution is 2.42. The number of nitrogens with zero attached hydrogens (tertiary/aromatic N) is 1. The van der Waals surface area contributed by atoms with Crippen LogP contribution in [0.2, 0.25) is 0 Å². The molecule has 3 aliphatic rings. The average Bonchev–Trinajstić information content (AvgIpc) is 3.15. The molecule has 0 radical (unpaired) electrons. The van der Waals surface area contributed by atoms with Crippen molar-refractivity contribution in [3.05, 3.63) is 35.4 Å².